The predicted octanol–water partition coefficient (Wildman–Crippen LogP) is 2.68. The lowest BCUT2D eigenvalue weighted by Gasteiger charge is -2.23. The minimum absolute atomic E-state index is 0.0547. The molecule has 2 aliphatic heterocycles. The summed E-state index contributed by atoms with van der Waals surface area (Å²) < 4.78 is 14.2. The molecule has 4 rings (SSSR count). The number of carbonyl (C=O) groups excluding carboxylic acids is 2. The van der Waals surface area contributed by atoms with E-state index in [4.69, 9.17) is 9.47 Å². The maximum atomic E-state index is 11.9. The van der Waals surface area contributed by atoms with Gasteiger partial charge in [-0.15, -0.1) is 0 Å². The van der Waals surface area contributed by atoms with Gasteiger partial charge in [-0.2, -0.15) is 10.2 Å². The second-order valence-electron chi connectivity index (χ2n) is 13.1. The minimum Gasteiger partial charge on any atom is -0.444 e. The summed E-state index contributed by atoms with van der Waals surface area (Å²) in [6.07, 6.45) is 7.04. The zero-order chi connectivity index (χ0) is 29.8. The highest BCUT2D eigenvalue weighted by Gasteiger charge is 2.36. The number of hydrogen-bond acceptors (Lipinski definition) is 8. The number of hydrogen-bond donors (Lipinski definition) is 2. The molecule has 12 heteroatoms. The summed E-state index contributed by atoms with van der Waals surface area (Å²) in [5, 5.41) is 14.4. The van der Waals surface area contributed by atoms with Gasteiger partial charge in [0.1, 0.15) is 11.2 Å². The molecule has 2 aliphatic rings. The van der Waals surface area contributed by atoms with Crippen LogP contribution in [0, 0.1) is 0 Å². The van der Waals surface area contributed by atoms with Gasteiger partial charge in [-0.25, -0.2) is 9.59 Å². The molecule has 12 nitrogen and oxygen atoms in total. The highest BCUT2D eigenvalue weighted by atomic mass is 16.6. The van der Waals surface area contributed by atoms with Crippen LogP contribution in [-0.4, -0.2) is 105 Å². The zero-order valence-electron chi connectivity index (χ0n) is 25.8. The molecule has 2 N–H and O–H groups in total. The van der Waals surface area contributed by atoms with Gasteiger partial charge in [0.15, 0.2) is 0 Å². The molecule has 2 saturated heterocycles. The number of likely N-dealkylation sites (N-methyl/N-ethyl adjacent to an activating group) is 2. The third-order valence-corrected chi connectivity index (χ3v) is 6.72. The zero-order valence-corrected chi connectivity index (χ0v) is 25.8. The third-order valence-electron chi connectivity index (χ3n) is 6.72. The summed E-state index contributed by atoms with van der Waals surface area (Å²) in [6.45, 7) is 14.7. The Hall–Kier alpha value is -3.12. The Bertz CT molecular complexity index is 1040. The van der Waals surface area contributed by atoms with Gasteiger partial charge < -0.3 is 29.9 Å². The molecule has 4 heterocycles. The molecular weight excluding hydrogens is 512 g/mol. The maximum Gasteiger partial charge on any atom is 0.407 e. The van der Waals surface area contributed by atoms with Crippen LogP contribution in [0.2, 0.25) is 0 Å². The quantitative estimate of drug-likeness (QED) is 0.586. The van der Waals surface area contributed by atoms with E-state index in [0.29, 0.717) is 0 Å². The summed E-state index contributed by atoms with van der Waals surface area (Å²) in [5.41, 5.74) is 1.35. The van der Waals surface area contributed by atoms with Crippen molar-refractivity contribution < 1.29 is 19.1 Å². The monoisotopic (exact) mass is 560 g/mol. The van der Waals surface area contributed by atoms with Crippen LogP contribution in [0.25, 0.3) is 0 Å². The van der Waals surface area contributed by atoms with Crippen LogP contribution < -0.4 is 10.6 Å². The fraction of sp³-hybridized carbons (Fsp3) is 0.714. The Balaban J connectivity index is 0.000000220. The van der Waals surface area contributed by atoms with Crippen LogP contribution in [0.1, 0.15) is 64.5 Å². The molecule has 0 unspecified atom stereocenters. The first kappa shape index (κ1) is 31.4. The first-order valence-electron chi connectivity index (χ1n) is 13.8. The number of rotatable bonds is 4. The summed E-state index contributed by atoms with van der Waals surface area (Å²) in [6, 6.07) is 0.109. The van der Waals surface area contributed by atoms with E-state index in [0.717, 1.165) is 37.3 Å². The summed E-state index contributed by atoms with van der Waals surface area (Å²) >= 11 is 0. The molecule has 2 fully saturated rings. The van der Waals surface area contributed by atoms with E-state index < -0.39 is 11.2 Å². The summed E-state index contributed by atoms with van der Waals surface area (Å²) in [4.78, 5) is 28.3. The smallest absolute Gasteiger partial charge is 0.407 e. The Morgan fingerprint density at radius 1 is 0.700 bits per heavy atom. The van der Waals surface area contributed by atoms with Crippen LogP contribution in [-0.2, 0) is 23.6 Å². The summed E-state index contributed by atoms with van der Waals surface area (Å²) in [5.74, 6) is 0.502. The van der Waals surface area contributed by atoms with E-state index in [1.54, 1.807) is 9.36 Å². The number of aromatic nitrogens is 4. The van der Waals surface area contributed by atoms with E-state index in [1.165, 1.54) is 0 Å². The Morgan fingerprint density at radius 3 is 1.32 bits per heavy atom. The number of ether oxygens (including phenoxy) is 2. The number of likely N-dealkylation sites (tertiary alicyclic amines) is 2. The molecule has 224 valence electrons. The lowest BCUT2D eigenvalue weighted by molar-refractivity contribution is 0.0491. The van der Waals surface area contributed by atoms with Crippen LogP contribution in [0.4, 0.5) is 9.59 Å². The Kier molecular flexibility index (Phi) is 9.89. The van der Waals surface area contributed by atoms with Crippen molar-refractivity contribution in [1.82, 2.24) is 40.0 Å². The Labute approximate surface area is 238 Å². The largest absolute Gasteiger partial charge is 0.444 e. The maximum absolute atomic E-state index is 11.9. The molecule has 2 amide bonds. The molecule has 0 spiro atoms. The standard InChI is InChI=1S/2C14H24N4O2/c2*1-14(2,3)20-13(19)16-12-9-17(4)8-11(12)10-6-15-18(5)7-10/h2*6-7,11-12H,8-9H2,1-5H3,(H,16,19)/t2*11-,12+/m10/s1. The van der Waals surface area contributed by atoms with E-state index in [9.17, 15) is 9.59 Å². The van der Waals surface area contributed by atoms with Gasteiger partial charge in [0.2, 0.25) is 0 Å². The molecule has 0 radical (unpaired) electrons. The fourth-order valence-electron chi connectivity index (χ4n) is 5.15. The van der Waals surface area contributed by atoms with Gasteiger partial charge in [0.25, 0.3) is 0 Å². The van der Waals surface area contributed by atoms with Gasteiger partial charge >= 0.3 is 12.2 Å². The normalized spacial score (nSPS) is 23.9. The topological polar surface area (TPSA) is 119 Å². The Morgan fingerprint density at radius 2 is 1.05 bits per heavy atom. The number of aryl methyl sites for hydroxylation is 2. The van der Waals surface area contributed by atoms with Crippen molar-refractivity contribution in [3.05, 3.63) is 35.9 Å². The van der Waals surface area contributed by atoms with Gasteiger partial charge in [-0.05, 0) is 66.8 Å². The number of carbonyl (C=O) groups is 2. The predicted molar refractivity (Wildman–Crippen MR) is 153 cm³/mol. The lowest BCUT2D eigenvalue weighted by atomic mass is 9.97. The van der Waals surface area contributed by atoms with Crippen molar-refractivity contribution in [1.29, 1.82) is 0 Å². The highest BCUT2D eigenvalue weighted by molar-refractivity contribution is 5.69. The third kappa shape index (κ3) is 9.51. The SMILES string of the molecule is CN1C[C@@H](NC(=O)OC(C)(C)C)[C@H](c2cnn(C)c2)C1.CN1C[C@H](NC(=O)OC(C)(C)C)[C@@H](c2cnn(C)c2)C1. The van der Waals surface area contributed by atoms with E-state index >= 15 is 0 Å². The van der Waals surface area contributed by atoms with Crippen LogP contribution in [0.3, 0.4) is 0 Å². The average Bonchev–Trinajstić information content (AvgIpc) is 3.54. The molecule has 0 bridgehead atoms. The molecule has 40 heavy (non-hydrogen) atoms. The van der Waals surface area contributed by atoms with Gasteiger partial charge in [-0.3, -0.25) is 9.36 Å². The van der Waals surface area contributed by atoms with Gasteiger partial charge in [-0.1, -0.05) is 0 Å². The molecule has 0 aliphatic carbocycles. The molecule has 0 saturated carbocycles. The lowest BCUT2D eigenvalue weighted by Crippen LogP contribution is -2.42. The van der Waals surface area contributed by atoms with Crippen molar-refractivity contribution in [2.24, 2.45) is 14.1 Å². The number of nitrogens with one attached hydrogen (secondary N) is 2. The van der Waals surface area contributed by atoms with Crippen molar-refractivity contribution in [2.45, 2.75) is 76.7 Å². The van der Waals surface area contributed by atoms with E-state index in [2.05, 4.69) is 44.7 Å². The molecular formula is C28H48N8O4. The van der Waals surface area contributed by atoms with E-state index in [-0.39, 0.29) is 36.1 Å². The molecule has 4 atom stereocenters. The van der Waals surface area contributed by atoms with Gasteiger partial charge in [0.05, 0.1) is 24.5 Å². The molecule has 0 aromatic carbocycles. The van der Waals surface area contributed by atoms with Crippen molar-refractivity contribution >= 4 is 12.2 Å². The fourth-order valence-corrected chi connectivity index (χ4v) is 5.15. The average molecular weight is 561 g/mol. The van der Waals surface area contributed by atoms with Crippen LogP contribution >= 0.6 is 0 Å². The number of nitrogens with zero attached hydrogens (tertiary/aromatic N) is 6. The second-order valence-corrected chi connectivity index (χ2v) is 13.1. The molecule has 2 aromatic rings. The van der Waals surface area contributed by atoms with Crippen molar-refractivity contribution in [3.63, 3.8) is 0 Å². The van der Waals surface area contributed by atoms with E-state index in [1.807, 2.05) is 80.4 Å². The second kappa shape index (κ2) is 12.6. The highest BCUT2D eigenvalue weighted by Crippen LogP contribution is 2.28. The summed E-state index contributed by atoms with van der Waals surface area (Å²) in [7, 11) is 7.91. The molecule has 2 aromatic heterocycles. The van der Waals surface area contributed by atoms with Crippen LogP contribution in [0.15, 0.2) is 24.8 Å². The van der Waals surface area contributed by atoms with Gasteiger partial charge in [0, 0.05) is 64.5 Å². The number of alkyl carbamates (subject to hydrolysis) is 2. The van der Waals surface area contributed by atoms with Crippen LogP contribution in [0.5, 0.6) is 0 Å². The number of amides is 2. The minimum atomic E-state index is -0.474. The first-order chi connectivity index (χ1) is 18.5. The first-order valence-corrected chi connectivity index (χ1v) is 13.8. The van der Waals surface area contributed by atoms with Crippen molar-refractivity contribution in [2.75, 3.05) is 40.3 Å². The van der Waals surface area contributed by atoms with Crippen molar-refractivity contribution in [3.8, 4) is 0 Å².